The van der Waals surface area contributed by atoms with Gasteiger partial charge in [0.15, 0.2) is 0 Å². The largest absolute Gasteiger partial charge is 0.385 e. The molecule has 1 aliphatic heterocycles. The minimum Gasteiger partial charge on any atom is -0.385 e. The Morgan fingerprint density at radius 3 is 3.26 bits per heavy atom. The molecule has 0 spiro atoms. The number of nitrogens with zero attached hydrogens (tertiary/aromatic N) is 1. The van der Waals surface area contributed by atoms with Crippen molar-refractivity contribution in [2.45, 2.75) is 19.4 Å². The smallest absolute Gasteiger partial charge is 0.251 e. The predicted octanol–water partition coefficient (Wildman–Crippen LogP) is 2.43. The predicted molar refractivity (Wildman–Crippen MR) is 76.5 cm³/mol. The lowest BCUT2D eigenvalue weighted by molar-refractivity contribution is 0.0950. The van der Waals surface area contributed by atoms with E-state index in [1.165, 1.54) is 0 Å². The molecule has 0 aliphatic carbocycles. The number of benzene rings is 1. The van der Waals surface area contributed by atoms with Crippen LogP contribution in [0.4, 0.5) is 5.69 Å². The molecule has 0 radical (unpaired) electrons. The molecule has 2 aromatic rings. The summed E-state index contributed by atoms with van der Waals surface area (Å²) in [5.74, 6) is -0.00560. The van der Waals surface area contributed by atoms with E-state index in [1.54, 1.807) is 23.0 Å². The van der Waals surface area contributed by atoms with E-state index >= 15 is 0 Å². The molecule has 1 aromatic heterocycles. The molecule has 0 unspecified atom stereocenters. The van der Waals surface area contributed by atoms with Gasteiger partial charge in [0.05, 0.1) is 12.1 Å². The van der Waals surface area contributed by atoms with Gasteiger partial charge in [0.25, 0.3) is 5.91 Å². The summed E-state index contributed by atoms with van der Waals surface area (Å²) in [4.78, 5) is 17.3. The summed E-state index contributed by atoms with van der Waals surface area (Å²) >= 11 is 1.55. The first-order valence-corrected chi connectivity index (χ1v) is 7.24. The van der Waals surface area contributed by atoms with E-state index in [0.29, 0.717) is 6.54 Å². The van der Waals surface area contributed by atoms with Crippen LogP contribution in [0, 0.1) is 0 Å². The van der Waals surface area contributed by atoms with E-state index in [0.717, 1.165) is 41.1 Å². The summed E-state index contributed by atoms with van der Waals surface area (Å²) in [6.07, 6.45) is 3.82. The number of fused-ring (bicyclic) bond motifs is 1. The van der Waals surface area contributed by atoms with Crippen molar-refractivity contribution in [2.24, 2.45) is 0 Å². The topological polar surface area (TPSA) is 54.0 Å². The zero-order valence-corrected chi connectivity index (χ0v) is 11.3. The van der Waals surface area contributed by atoms with Crippen LogP contribution in [0.5, 0.6) is 0 Å². The number of amides is 1. The molecule has 2 heterocycles. The second-order valence-electron chi connectivity index (χ2n) is 4.51. The zero-order chi connectivity index (χ0) is 13.1. The number of thiazole rings is 1. The molecule has 1 aliphatic rings. The van der Waals surface area contributed by atoms with Gasteiger partial charge in [-0.2, -0.15) is 0 Å². The molecule has 0 bridgehead atoms. The normalized spacial score (nSPS) is 13.5. The molecular weight excluding hydrogens is 258 g/mol. The van der Waals surface area contributed by atoms with Gasteiger partial charge < -0.3 is 10.6 Å². The Balaban J connectivity index is 1.76. The van der Waals surface area contributed by atoms with Crippen molar-refractivity contribution >= 4 is 22.9 Å². The van der Waals surface area contributed by atoms with Crippen LogP contribution in [0.1, 0.15) is 27.2 Å². The molecule has 0 atom stereocenters. The molecule has 0 saturated carbocycles. The fourth-order valence-electron chi connectivity index (χ4n) is 2.31. The van der Waals surface area contributed by atoms with Gasteiger partial charge in [-0.1, -0.05) is 6.07 Å². The molecule has 5 heteroatoms. The minimum atomic E-state index is -0.00560. The van der Waals surface area contributed by atoms with Crippen LogP contribution in [0.2, 0.25) is 0 Å². The van der Waals surface area contributed by atoms with E-state index in [4.69, 9.17) is 0 Å². The van der Waals surface area contributed by atoms with E-state index in [9.17, 15) is 4.79 Å². The Morgan fingerprint density at radius 1 is 1.47 bits per heavy atom. The van der Waals surface area contributed by atoms with Gasteiger partial charge in [0.1, 0.15) is 0 Å². The summed E-state index contributed by atoms with van der Waals surface area (Å²) in [5.41, 5.74) is 4.79. The van der Waals surface area contributed by atoms with Crippen LogP contribution in [-0.4, -0.2) is 17.4 Å². The van der Waals surface area contributed by atoms with Crippen LogP contribution < -0.4 is 10.6 Å². The van der Waals surface area contributed by atoms with Gasteiger partial charge in [-0.25, -0.2) is 0 Å². The highest BCUT2D eigenvalue weighted by atomic mass is 32.1. The molecule has 98 valence electrons. The van der Waals surface area contributed by atoms with Crippen molar-refractivity contribution in [3.05, 3.63) is 45.9 Å². The quantitative estimate of drug-likeness (QED) is 0.903. The lowest BCUT2D eigenvalue weighted by Gasteiger charge is -2.20. The van der Waals surface area contributed by atoms with Crippen molar-refractivity contribution in [1.29, 1.82) is 0 Å². The molecule has 4 nitrogen and oxygen atoms in total. The molecule has 1 amide bonds. The first-order chi connectivity index (χ1) is 9.34. The van der Waals surface area contributed by atoms with Gasteiger partial charge in [0, 0.05) is 28.9 Å². The number of aromatic nitrogens is 1. The van der Waals surface area contributed by atoms with Crippen molar-refractivity contribution in [3.8, 4) is 0 Å². The lowest BCUT2D eigenvalue weighted by atomic mass is 9.97. The average Bonchev–Trinajstić information content (AvgIpc) is 2.97. The first kappa shape index (κ1) is 12.2. The van der Waals surface area contributed by atoms with Gasteiger partial charge in [-0.05, 0) is 30.5 Å². The lowest BCUT2D eigenvalue weighted by Crippen LogP contribution is -2.25. The van der Waals surface area contributed by atoms with E-state index in [1.807, 2.05) is 18.2 Å². The zero-order valence-electron chi connectivity index (χ0n) is 10.5. The van der Waals surface area contributed by atoms with Gasteiger partial charge in [-0.15, -0.1) is 11.3 Å². The van der Waals surface area contributed by atoms with Crippen LogP contribution in [0.25, 0.3) is 0 Å². The number of carbonyl (C=O) groups is 1. The monoisotopic (exact) mass is 273 g/mol. The fourth-order valence-corrected chi connectivity index (χ4v) is 2.85. The Hall–Kier alpha value is -1.88. The number of nitrogens with one attached hydrogen (secondary N) is 2. The maximum absolute atomic E-state index is 12.3. The maximum Gasteiger partial charge on any atom is 0.251 e. The highest BCUT2D eigenvalue weighted by molar-refractivity contribution is 7.09. The number of anilines is 1. The highest BCUT2D eigenvalue weighted by Crippen LogP contribution is 2.25. The molecule has 19 heavy (non-hydrogen) atoms. The molecule has 2 N–H and O–H groups in total. The molecule has 0 fully saturated rings. The van der Waals surface area contributed by atoms with Crippen LogP contribution in [-0.2, 0) is 13.0 Å². The number of hydrogen-bond acceptors (Lipinski definition) is 4. The molecule has 0 saturated heterocycles. The maximum atomic E-state index is 12.3. The second kappa shape index (κ2) is 5.40. The van der Waals surface area contributed by atoms with Crippen LogP contribution in [0.15, 0.2) is 29.9 Å². The van der Waals surface area contributed by atoms with Crippen molar-refractivity contribution < 1.29 is 4.79 Å². The van der Waals surface area contributed by atoms with Crippen molar-refractivity contribution in [2.75, 3.05) is 11.9 Å². The third-order valence-corrected chi connectivity index (χ3v) is 4.03. The Morgan fingerprint density at radius 2 is 2.42 bits per heavy atom. The standard InChI is InChI=1S/C14H15N3OS/c18-14(17-8-10-7-15-9-19-10)12-3-1-5-13-11(12)4-2-6-16-13/h1,3,5,7,9,16H,2,4,6,8H2,(H,17,18). The third-order valence-electron chi connectivity index (χ3n) is 3.25. The highest BCUT2D eigenvalue weighted by Gasteiger charge is 2.17. The summed E-state index contributed by atoms with van der Waals surface area (Å²) in [7, 11) is 0. The Labute approximate surface area is 115 Å². The number of hydrogen-bond donors (Lipinski definition) is 2. The number of carbonyl (C=O) groups excluding carboxylic acids is 1. The Kier molecular flexibility index (Phi) is 3.46. The average molecular weight is 273 g/mol. The molecular formula is C14H15N3OS. The van der Waals surface area contributed by atoms with E-state index in [2.05, 4.69) is 15.6 Å². The van der Waals surface area contributed by atoms with E-state index < -0.39 is 0 Å². The summed E-state index contributed by atoms with van der Waals surface area (Å²) in [6.45, 7) is 1.53. The summed E-state index contributed by atoms with van der Waals surface area (Å²) in [5, 5.41) is 6.29. The van der Waals surface area contributed by atoms with Crippen LogP contribution in [0.3, 0.4) is 0 Å². The third kappa shape index (κ3) is 2.61. The summed E-state index contributed by atoms with van der Waals surface area (Å²) < 4.78 is 0. The van der Waals surface area contributed by atoms with Gasteiger partial charge in [0.2, 0.25) is 0 Å². The molecule has 3 rings (SSSR count). The number of rotatable bonds is 3. The SMILES string of the molecule is O=C(NCc1cncs1)c1cccc2c1CCCN2. The Bertz CT molecular complexity index is 580. The summed E-state index contributed by atoms with van der Waals surface area (Å²) in [6, 6.07) is 5.86. The minimum absolute atomic E-state index is 0.00560. The van der Waals surface area contributed by atoms with Crippen molar-refractivity contribution in [3.63, 3.8) is 0 Å². The second-order valence-corrected chi connectivity index (χ2v) is 5.48. The van der Waals surface area contributed by atoms with Crippen molar-refractivity contribution in [1.82, 2.24) is 10.3 Å². The first-order valence-electron chi connectivity index (χ1n) is 6.36. The fraction of sp³-hybridized carbons (Fsp3) is 0.286. The van der Waals surface area contributed by atoms with Gasteiger partial charge in [-0.3, -0.25) is 9.78 Å². The molecule has 1 aromatic carbocycles. The van der Waals surface area contributed by atoms with Gasteiger partial charge >= 0.3 is 0 Å². The van der Waals surface area contributed by atoms with Crippen LogP contribution >= 0.6 is 11.3 Å². The van der Waals surface area contributed by atoms with E-state index in [-0.39, 0.29) is 5.91 Å².